The highest BCUT2D eigenvalue weighted by Gasteiger charge is 2.16. The van der Waals surface area contributed by atoms with Crippen LogP contribution in [0.5, 0.6) is 0 Å². The monoisotopic (exact) mass is 415 g/mol. The molecule has 1 aromatic heterocycles. The summed E-state index contributed by atoms with van der Waals surface area (Å²) in [6.45, 7) is 3.87. The number of carbonyl (C=O) groups is 1. The Kier molecular flexibility index (Phi) is 6.19. The Bertz CT molecular complexity index is 1030. The molecule has 1 heterocycles. The van der Waals surface area contributed by atoms with E-state index < -0.39 is 12.0 Å². The van der Waals surface area contributed by atoms with Crippen molar-refractivity contribution >= 4 is 35.3 Å². The predicted molar refractivity (Wildman–Crippen MR) is 112 cm³/mol. The van der Waals surface area contributed by atoms with Gasteiger partial charge in [0.2, 0.25) is 0 Å². The van der Waals surface area contributed by atoms with Gasteiger partial charge < -0.3 is 9.67 Å². The summed E-state index contributed by atoms with van der Waals surface area (Å²) in [5.41, 5.74) is 6.29. The van der Waals surface area contributed by atoms with Crippen molar-refractivity contribution < 1.29 is 9.90 Å². The Labute approximate surface area is 173 Å². The number of nitrogens with zero attached hydrogens (tertiary/aromatic N) is 2. The minimum absolute atomic E-state index is 0.504. The second-order valence-electron chi connectivity index (χ2n) is 6.31. The molecule has 0 bridgehead atoms. The van der Waals surface area contributed by atoms with Crippen molar-refractivity contribution in [2.45, 2.75) is 20.0 Å². The van der Waals surface area contributed by atoms with Crippen LogP contribution >= 0.6 is 23.2 Å². The second-order valence-corrected chi connectivity index (χ2v) is 7.15. The SMILES string of the molecule is Cc1cc(/C=N\NC(=O)[C@H](O)c2ccccc2)c(C)n1-c1cc(Cl)ccc1Cl. The lowest BCUT2D eigenvalue weighted by molar-refractivity contribution is -0.129. The molecule has 3 rings (SSSR count). The number of halogens is 2. The first-order valence-corrected chi connectivity index (χ1v) is 9.34. The van der Waals surface area contributed by atoms with Crippen LogP contribution in [0.3, 0.4) is 0 Å². The maximum atomic E-state index is 12.1. The maximum absolute atomic E-state index is 12.1. The summed E-state index contributed by atoms with van der Waals surface area (Å²) in [6, 6.07) is 15.9. The molecule has 144 valence electrons. The number of amides is 1. The minimum atomic E-state index is -1.28. The number of rotatable bonds is 5. The molecule has 0 unspecified atom stereocenters. The van der Waals surface area contributed by atoms with Crippen molar-refractivity contribution in [2.75, 3.05) is 0 Å². The number of aromatic nitrogens is 1. The van der Waals surface area contributed by atoms with Crippen molar-refractivity contribution in [3.05, 3.63) is 87.2 Å². The number of nitrogens with one attached hydrogen (secondary N) is 1. The molecule has 0 fully saturated rings. The molecule has 0 aliphatic rings. The van der Waals surface area contributed by atoms with Gasteiger partial charge >= 0.3 is 0 Å². The second kappa shape index (κ2) is 8.61. The van der Waals surface area contributed by atoms with Crippen molar-refractivity contribution in [3.8, 4) is 5.69 Å². The fraction of sp³-hybridized carbons (Fsp3) is 0.143. The molecule has 1 atom stereocenters. The molecule has 7 heteroatoms. The molecule has 0 aliphatic carbocycles. The van der Waals surface area contributed by atoms with Gasteiger partial charge in [0.1, 0.15) is 0 Å². The average Bonchev–Trinajstić information content (AvgIpc) is 2.97. The molecule has 1 amide bonds. The first-order chi connectivity index (χ1) is 13.4. The summed E-state index contributed by atoms with van der Waals surface area (Å²) >= 11 is 12.4. The van der Waals surface area contributed by atoms with E-state index >= 15 is 0 Å². The summed E-state index contributed by atoms with van der Waals surface area (Å²) in [4.78, 5) is 12.1. The largest absolute Gasteiger partial charge is 0.378 e. The Balaban J connectivity index is 1.78. The van der Waals surface area contributed by atoms with Crippen LogP contribution in [0.15, 0.2) is 59.7 Å². The molecule has 0 spiro atoms. The number of benzene rings is 2. The quantitative estimate of drug-likeness (QED) is 0.472. The van der Waals surface area contributed by atoms with Crippen LogP contribution in [0.25, 0.3) is 5.69 Å². The van der Waals surface area contributed by atoms with E-state index in [4.69, 9.17) is 23.2 Å². The molecule has 2 N–H and O–H groups in total. The van der Waals surface area contributed by atoms with Gasteiger partial charge in [0.05, 0.1) is 16.9 Å². The summed E-state index contributed by atoms with van der Waals surface area (Å²) in [5.74, 6) is -0.603. The van der Waals surface area contributed by atoms with E-state index in [1.807, 2.05) is 30.5 Å². The van der Waals surface area contributed by atoms with Crippen LogP contribution in [0.2, 0.25) is 10.0 Å². The maximum Gasteiger partial charge on any atom is 0.273 e. The zero-order valence-electron chi connectivity index (χ0n) is 15.4. The van der Waals surface area contributed by atoms with E-state index in [0.717, 1.165) is 22.6 Å². The van der Waals surface area contributed by atoms with Crippen LogP contribution in [0.4, 0.5) is 0 Å². The van der Waals surface area contributed by atoms with E-state index in [1.165, 1.54) is 6.21 Å². The Hall–Kier alpha value is -2.60. The average molecular weight is 416 g/mol. The lowest BCUT2D eigenvalue weighted by Gasteiger charge is -2.12. The molecule has 0 aliphatic heterocycles. The highest BCUT2D eigenvalue weighted by molar-refractivity contribution is 6.34. The van der Waals surface area contributed by atoms with Crippen molar-refractivity contribution in [1.29, 1.82) is 0 Å². The van der Waals surface area contributed by atoms with Gasteiger partial charge in [0, 0.05) is 22.0 Å². The van der Waals surface area contributed by atoms with Crippen molar-refractivity contribution in [3.63, 3.8) is 0 Å². The fourth-order valence-electron chi connectivity index (χ4n) is 2.96. The summed E-state index contributed by atoms with van der Waals surface area (Å²) in [5, 5.41) is 15.2. The van der Waals surface area contributed by atoms with Gasteiger partial charge in [-0.3, -0.25) is 4.79 Å². The number of hydrogen-bond donors (Lipinski definition) is 2. The highest BCUT2D eigenvalue weighted by atomic mass is 35.5. The zero-order chi connectivity index (χ0) is 20.3. The molecular weight excluding hydrogens is 397 g/mol. The van der Waals surface area contributed by atoms with Gasteiger partial charge in [0.15, 0.2) is 6.10 Å². The van der Waals surface area contributed by atoms with Crippen LogP contribution in [0, 0.1) is 13.8 Å². The van der Waals surface area contributed by atoms with E-state index in [0.29, 0.717) is 15.6 Å². The predicted octanol–water partition coefficient (Wildman–Crippen LogP) is 4.58. The molecule has 0 saturated heterocycles. The zero-order valence-corrected chi connectivity index (χ0v) is 16.9. The van der Waals surface area contributed by atoms with Crippen LogP contribution < -0.4 is 5.43 Å². The van der Waals surface area contributed by atoms with E-state index in [1.54, 1.807) is 42.5 Å². The molecule has 2 aromatic carbocycles. The number of aryl methyl sites for hydroxylation is 1. The third kappa shape index (κ3) is 4.28. The number of carbonyl (C=O) groups excluding carboxylic acids is 1. The third-order valence-electron chi connectivity index (χ3n) is 4.36. The number of hydrazone groups is 1. The molecule has 5 nitrogen and oxygen atoms in total. The van der Waals surface area contributed by atoms with Gasteiger partial charge in [0.25, 0.3) is 5.91 Å². The molecule has 3 aromatic rings. The van der Waals surface area contributed by atoms with Crippen LogP contribution in [0.1, 0.15) is 28.6 Å². The fourth-order valence-corrected chi connectivity index (χ4v) is 3.33. The van der Waals surface area contributed by atoms with Gasteiger partial charge in [-0.1, -0.05) is 53.5 Å². The van der Waals surface area contributed by atoms with E-state index in [2.05, 4.69) is 10.5 Å². The van der Waals surface area contributed by atoms with Crippen LogP contribution in [-0.2, 0) is 4.79 Å². The number of aliphatic hydroxyl groups is 1. The van der Waals surface area contributed by atoms with Crippen molar-refractivity contribution in [2.24, 2.45) is 5.10 Å². The van der Waals surface area contributed by atoms with Crippen molar-refractivity contribution in [1.82, 2.24) is 9.99 Å². The lowest BCUT2D eigenvalue weighted by atomic mass is 10.1. The van der Waals surface area contributed by atoms with E-state index in [9.17, 15) is 9.90 Å². The summed E-state index contributed by atoms with van der Waals surface area (Å²) < 4.78 is 1.97. The van der Waals surface area contributed by atoms with Gasteiger partial charge in [-0.2, -0.15) is 5.10 Å². The number of hydrogen-bond acceptors (Lipinski definition) is 3. The topological polar surface area (TPSA) is 66.6 Å². The standard InChI is InChI=1S/C21H19Cl2N3O2/c1-13-10-16(14(2)26(13)19-11-17(22)8-9-18(19)23)12-24-25-21(28)20(27)15-6-4-3-5-7-15/h3-12,20,27H,1-2H3,(H,25,28)/b24-12-/t20-/m1/s1. The number of aliphatic hydroxyl groups excluding tert-OH is 1. The molecule has 0 saturated carbocycles. The normalized spacial score (nSPS) is 12.3. The third-order valence-corrected chi connectivity index (χ3v) is 4.92. The molecule has 28 heavy (non-hydrogen) atoms. The minimum Gasteiger partial charge on any atom is -0.378 e. The van der Waals surface area contributed by atoms with Crippen LogP contribution in [-0.4, -0.2) is 21.8 Å². The van der Waals surface area contributed by atoms with Gasteiger partial charge in [-0.25, -0.2) is 5.43 Å². The Morgan fingerprint density at radius 1 is 1.14 bits per heavy atom. The van der Waals surface area contributed by atoms with Gasteiger partial charge in [-0.05, 0) is 43.7 Å². The first-order valence-electron chi connectivity index (χ1n) is 8.59. The molecular formula is C21H19Cl2N3O2. The summed E-state index contributed by atoms with van der Waals surface area (Å²) in [7, 11) is 0. The first kappa shape index (κ1) is 20.1. The Morgan fingerprint density at radius 2 is 1.86 bits per heavy atom. The lowest BCUT2D eigenvalue weighted by Crippen LogP contribution is -2.25. The van der Waals surface area contributed by atoms with E-state index in [-0.39, 0.29) is 0 Å². The van der Waals surface area contributed by atoms with Gasteiger partial charge in [-0.15, -0.1) is 0 Å². The smallest absolute Gasteiger partial charge is 0.273 e. The highest BCUT2D eigenvalue weighted by Crippen LogP contribution is 2.28. The summed E-state index contributed by atoms with van der Waals surface area (Å²) in [6.07, 6.45) is 0.253. The Morgan fingerprint density at radius 3 is 2.57 bits per heavy atom. The molecule has 0 radical (unpaired) electrons.